The summed E-state index contributed by atoms with van der Waals surface area (Å²) in [4.78, 5) is 4.45. The van der Waals surface area contributed by atoms with Crippen LogP contribution in [0, 0.1) is 6.07 Å². The summed E-state index contributed by atoms with van der Waals surface area (Å²) < 4.78 is 0. The summed E-state index contributed by atoms with van der Waals surface area (Å²) in [7, 11) is 2.00. The number of nitrogens with zero attached hydrogens (tertiary/aromatic N) is 1. The molecule has 3 nitrogen and oxygen atoms in total. The molecular weight excluding hydrogens is 490 g/mol. The summed E-state index contributed by atoms with van der Waals surface area (Å²) in [5.41, 5.74) is 5.53. The third-order valence-electron chi connectivity index (χ3n) is 4.72. The molecule has 4 heteroatoms. The Morgan fingerprint density at radius 2 is 1.48 bits per heavy atom. The average Bonchev–Trinajstić information content (AvgIpc) is 2.63. The molecule has 0 spiro atoms. The van der Waals surface area contributed by atoms with Gasteiger partial charge in [-0.2, -0.15) is 0 Å². The van der Waals surface area contributed by atoms with Crippen LogP contribution in [0.4, 0.5) is 0 Å². The Kier molecular flexibility index (Phi) is 9.74. The van der Waals surface area contributed by atoms with E-state index in [1.807, 2.05) is 18.3 Å². The van der Waals surface area contributed by atoms with Crippen LogP contribution in [0.1, 0.15) is 51.7 Å². The van der Waals surface area contributed by atoms with Crippen molar-refractivity contribution in [1.82, 2.24) is 4.98 Å². The maximum Gasteiger partial charge on any atom is 0.0319 e. The van der Waals surface area contributed by atoms with Gasteiger partial charge >= 0.3 is 0 Å². The molecule has 1 aromatic heterocycles. The van der Waals surface area contributed by atoms with E-state index in [9.17, 15) is 0 Å². The van der Waals surface area contributed by atoms with Gasteiger partial charge in [0.1, 0.15) is 0 Å². The number of hydrogen-bond acceptors (Lipinski definition) is 3. The van der Waals surface area contributed by atoms with Gasteiger partial charge in [0, 0.05) is 40.5 Å². The first kappa shape index (κ1) is 23.9. The van der Waals surface area contributed by atoms with Crippen LogP contribution < -0.4 is 0 Å². The van der Waals surface area contributed by atoms with Gasteiger partial charge in [0.15, 0.2) is 0 Å². The molecule has 2 aromatic rings. The van der Waals surface area contributed by atoms with Crippen molar-refractivity contribution in [3.8, 4) is 11.3 Å². The number of fused-ring (bicyclic) bond motifs is 1. The smallest absolute Gasteiger partial charge is 0.0319 e. The normalized spacial score (nSPS) is 16.0. The van der Waals surface area contributed by atoms with E-state index in [0.29, 0.717) is 0 Å². The molecule has 2 N–H and O–H groups in total. The summed E-state index contributed by atoms with van der Waals surface area (Å²) in [6.45, 7) is 9.39. The van der Waals surface area contributed by atoms with E-state index in [4.69, 9.17) is 10.2 Å². The van der Waals surface area contributed by atoms with Gasteiger partial charge in [-0.15, -0.1) is 34.9 Å². The van der Waals surface area contributed by atoms with Crippen molar-refractivity contribution in [2.24, 2.45) is 0 Å². The van der Waals surface area contributed by atoms with Crippen molar-refractivity contribution < 1.29 is 30.3 Å². The fourth-order valence-corrected chi connectivity index (χ4v) is 3.18. The van der Waals surface area contributed by atoms with Gasteiger partial charge in [-0.3, -0.25) is 0 Å². The monoisotopic (exact) mass is 521 g/mol. The summed E-state index contributed by atoms with van der Waals surface area (Å²) in [5.74, 6) is 0. The topological polar surface area (TPSA) is 53.4 Å². The molecule has 0 unspecified atom stereocenters. The van der Waals surface area contributed by atoms with Crippen molar-refractivity contribution in [3.05, 3.63) is 53.7 Å². The molecule has 1 heterocycles. The zero-order valence-electron chi connectivity index (χ0n) is 16.1. The maximum atomic E-state index is 7.00. The van der Waals surface area contributed by atoms with E-state index in [2.05, 4.69) is 56.9 Å². The zero-order valence-corrected chi connectivity index (χ0v) is 18.4. The summed E-state index contributed by atoms with van der Waals surface area (Å²) in [5, 5.41) is 14.0. The number of rotatable bonds is 1. The summed E-state index contributed by atoms with van der Waals surface area (Å²) in [6.07, 6.45) is 4.32. The Labute approximate surface area is 165 Å². The third-order valence-corrected chi connectivity index (χ3v) is 4.72. The quantitative estimate of drug-likeness (QED) is 0.557. The van der Waals surface area contributed by atoms with Gasteiger partial charge in [-0.05, 0) is 29.0 Å². The van der Waals surface area contributed by atoms with Gasteiger partial charge < -0.3 is 15.2 Å². The Morgan fingerprint density at radius 1 is 0.920 bits per heavy atom. The minimum absolute atomic E-state index is 0. The Balaban J connectivity index is 0.00000108. The summed E-state index contributed by atoms with van der Waals surface area (Å²) in [6, 6.07) is 14.0. The first-order valence-electron chi connectivity index (χ1n) is 8.28. The molecule has 0 atom stereocenters. The standard InChI is InChI=1S/C19H22N.2CH4O.Ir/c1-18(2)10-11-19(3,4)16-13-14(8-9-15(16)18)17-7-5-6-12-20-17;2*1-2;/h5-7,9,12-13H,10-11H2,1-4H3;2*2H,1H3;/q-1;;;. The molecule has 1 aliphatic rings. The Bertz CT molecular complexity index is 640. The number of benzene rings is 1. The van der Waals surface area contributed by atoms with E-state index in [1.54, 1.807) is 0 Å². The largest absolute Gasteiger partial charge is 0.400 e. The third kappa shape index (κ3) is 5.46. The van der Waals surface area contributed by atoms with E-state index in [-0.39, 0.29) is 30.9 Å². The van der Waals surface area contributed by atoms with Gasteiger partial charge in [0.05, 0.1) is 0 Å². The number of aliphatic hydroxyl groups is 2. The van der Waals surface area contributed by atoms with Crippen LogP contribution in [0.5, 0.6) is 0 Å². The molecule has 0 amide bonds. The number of pyridine rings is 1. The number of hydrogen-bond donors (Lipinski definition) is 2. The van der Waals surface area contributed by atoms with Gasteiger partial charge in [0.25, 0.3) is 0 Å². The minimum atomic E-state index is 0. The van der Waals surface area contributed by atoms with Crippen molar-refractivity contribution in [3.63, 3.8) is 0 Å². The van der Waals surface area contributed by atoms with Crippen LogP contribution in [0.2, 0.25) is 0 Å². The maximum absolute atomic E-state index is 7.00. The molecule has 1 aromatic carbocycles. The molecule has 0 aliphatic heterocycles. The molecule has 0 fully saturated rings. The predicted molar refractivity (Wildman–Crippen MR) is 100 cm³/mol. The van der Waals surface area contributed by atoms with Gasteiger partial charge in [-0.25, -0.2) is 0 Å². The fraction of sp³-hybridized carbons (Fsp3) is 0.476. The summed E-state index contributed by atoms with van der Waals surface area (Å²) >= 11 is 0. The van der Waals surface area contributed by atoms with Crippen molar-refractivity contribution in [2.75, 3.05) is 14.2 Å². The first-order valence-corrected chi connectivity index (χ1v) is 8.28. The molecule has 1 aliphatic carbocycles. The van der Waals surface area contributed by atoms with Crippen LogP contribution in [0.15, 0.2) is 36.5 Å². The zero-order chi connectivity index (χ0) is 18.4. The molecule has 1 radical (unpaired) electrons. The second kappa shape index (κ2) is 10.2. The van der Waals surface area contributed by atoms with E-state index in [0.717, 1.165) is 25.5 Å². The SMILES string of the molecule is CC1(C)CCC(C)(C)c2cc(-c3ccccn3)[c-]cc21.CO.CO.[Ir]. The first-order chi connectivity index (χ1) is 11.4. The Morgan fingerprint density at radius 3 is 2.00 bits per heavy atom. The van der Waals surface area contributed by atoms with E-state index >= 15 is 0 Å². The molecule has 25 heavy (non-hydrogen) atoms. The average molecular weight is 521 g/mol. The van der Waals surface area contributed by atoms with Crippen molar-refractivity contribution in [2.45, 2.75) is 51.4 Å². The minimum Gasteiger partial charge on any atom is -0.400 e. The van der Waals surface area contributed by atoms with Crippen LogP contribution in [-0.4, -0.2) is 29.4 Å². The number of aliphatic hydroxyl groups excluding tert-OH is 2. The van der Waals surface area contributed by atoms with Crippen LogP contribution in [0.3, 0.4) is 0 Å². The van der Waals surface area contributed by atoms with Gasteiger partial charge in [0.2, 0.25) is 0 Å². The molecule has 0 saturated carbocycles. The van der Waals surface area contributed by atoms with Crippen molar-refractivity contribution >= 4 is 0 Å². The van der Waals surface area contributed by atoms with Crippen LogP contribution >= 0.6 is 0 Å². The fourth-order valence-electron chi connectivity index (χ4n) is 3.18. The van der Waals surface area contributed by atoms with Crippen LogP contribution in [-0.2, 0) is 30.9 Å². The molecule has 3 rings (SSSR count). The van der Waals surface area contributed by atoms with E-state index in [1.165, 1.54) is 24.0 Å². The van der Waals surface area contributed by atoms with Gasteiger partial charge in [-0.1, -0.05) is 46.2 Å². The molecule has 141 valence electrons. The predicted octanol–water partition coefficient (Wildman–Crippen LogP) is 4.11. The second-order valence-corrected chi connectivity index (χ2v) is 7.16. The Hall–Kier alpha value is -1.06. The molecular formula is C21H30IrNO2-. The van der Waals surface area contributed by atoms with E-state index < -0.39 is 0 Å². The molecule has 0 saturated heterocycles. The molecule has 0 bridgehead atoms. The number of aromatic nitrogens is 1. The second-order valence-electron chi connectivity index (χ2n) is 7.16. The van der Waals surface area contributed by atoms with Crippen molar-refractivity contribution in [1.29, 1.82) is 0 Å². The van der Waals surface area contributed by atoms with Crippen LogP contribution in [0.25, 0.3) is 11.3 Å².